The summed E-state index contributed by atoms with van der Waals surface area (Å²) >= 11 is 0. The number of ether oxygens (including phenoxy) is 1. The molecule has 0 fully saturated rings. The number of nitrogens with zero attached hydrogens (tertiary/aromatic N) is 1. The van der Waals surface area contributed by atoms with E-state index in [-0.39, 0.29) is 18.6 Å². The van der Waals surface area contributed by atoms with Crippen LogP contribution >= 0.6 is 0 Å². The second kappa shape index (κ2) is 8.83. The number of esters is 1. The Kier molecular flexibility index (Phi) is 6.52. The van der Waals surface area contributed by atoms with Crippen molar-refractivity contribution in [2.24, 2.45) is 0 Å². The first-order valence-corrected chi connectivity index (χ1v) is 8.20. The molecule has 130 valence electrons. The number of amides is 1. The summed E-state index contributed by atoms with van der Waals surface area (Å²) in [5.41, 5.74) is 3.05. The molecule has 0 saturated carbocycles. The van der Waals surface area contributed by atoms with E-state index in [2.05, 4.69) is 0 Å². The largest absolute Gasteiger partial charge is 0.452 e. The van der Waals surface area contributed by atoms with Crippen LogP contribution in [-0.4, -0.2) is 30.4 Å². The van der Waals surface area contributed by atoms with Crippen LogP contribution in [0.4, 0.5) is 0 Å². The molecule has 0 spiro atoms. The zero-order valence-electron chi connectivity index (χ0n) is 14.8. The first kappa shape index (κ1) is 18.5. The summed E-state index contributed by atoms with van der Waals surface area (Å²) in [6, 6.07) is 17.4. The van der Waals surface area contributed by atoms with Gasteiger partial charge in [-0.1, -0.05) is 54.6 Å². The number of aryl methyl sites for hydroxylation is 1. The SMILES string of the molecule is Cc1ccccc1/C=C/C(=O)OCC(=O)N(C)[C@@H](C)c1ccccc1. The normalized spacial score (nSPS) is 12.0. The van der Waals surface area contributed by atoms with Crippen LogP contribution in [0.5, 0.6) is 0 Å². The molecule has 0 aliphatic carbocycles. The van der Waals surface area contributed by atoms with Crippen molar-refractivity contribution >= 4 is 18.0 Å². The van der Waals surface area contributed by atoms with Crippen molar-refractivity contribution < 1.29 is 14.3 Å². The average molecular weight is 337 g/mol. The van der Waals surface area contributed by atoms with E-state index in [9.17, 15) is 9.59 Å². The van der Waals surface area contributed by atoms with Crippen molar-refractivity contribution in [2.45, 2.75) is 19.9 Å². The Bertz CT molecular complexity index is 753. The topological polar surface area (TPSA) is 46.6 Å². The quantitative estimate of drug-likeness (QED) is 0.595. The van der Waals surface area contributed by atoms with Gasteiger partial charge in [-0.2, -0.15) is 0 Å². The van der Waals surface area contributed by atoms with Gasteiger partial charge in [0.2, 0.25) is 0 Å². The van der Waals surface area contributed by atoms with Crippen LogP contribution < -0.4 is 0 Å². The van der Waals surface area contributed by atoms with Gasteiger partial charge in [-0.05, 0) is 36.6 Å². The van der Waals surface area contributed by atoms with E-state index in [0.717, 1.165) is 16.7 Å². The Morgan fingerprint density at radius 2 is 1.72 bits per heavy atom. The van der Waals surface area contributed by atoms with Crippen molar-refractivity contribution in [2.75, 3.05) is 13.7 Å². The lowest BCUT2D eigenvalue weighted by atomic mass is 10.1. The smallest absolute Gasteiger partial charge is 0.331 e. The summed E-state index contributed by atoms with van der Waals surface area (Å²) < 4.78 is 5.06. The zero-order valence-corrected chi connectivity index (χ0v) is 14.8. The molecule has 0 aliphatic rings. The highest BCUT2D eigenvalue weighted by atomic mass is 16.5. The van der Waals surface area contributed by atoms with E-state index in [0.29, 0.717) is 0 Å². The number of benzene rings is 2. The second-order valence-electron chi connectivity index (χ2n) is 5.89. The van der Waals surface area contributed by atoms with E-state index in [1.807, 2.05) is 68.4 Å². The molecule has 2 aromatic rings. The number of hydrogen-bond acceptors (Lipinski definition) is 3. The molecule has 25 heavy (non-hydrogen) atoms. The Morgan fingerprint density at radius 3 is 2.40 bits per heavy atom. The van der Waals surface area contributed by atoms with E-state index >= 15 is 0 Å². The highest BCUT2D eigenvalue weighted by molar-refractivity contribution is 5.89. The molecule has 0 unspecified atom stereocenters. The minimum Gasteiger partial charge on any atom is -0.452 e. The lowest BCUT2D eigenvalue weighted by Crippen LogP contribution is -2.33. The van der Waals surface area contributed by atoms with Crippen LogP contribution in [-0.2, 0) is 14.3 Å². The molecular weight excluding hydrogens is 314 g/mol. The third-order valence-corrected chi connectivity index (χ3v) is 4.18. The number of carbonyl (C=O) groups excluding carboxylic acids is 2. The fourth-order valence-electron chi connectivity index (χ4n) is 2.39. The predicted molar refractivity (Wildman–Crippen MR) is 98.8 cm³/mol. The number of likely N-dealkylation sites (N-methyl/N-ethyl adjacent to an activating group) is 1. The summed E-state index contributed by atoms with van der Waals surface area (Å²) in [4.78, 5) is 25.6. The number of rotatable bonds is 6. The summed E-state index contributed by atoms with van der Waals surface area (Å²) in [6.45, 7) is 3.63. The molecule has 1 atom stereocenters. The zero-order chi connectivity index (χ0) is 18.2. The van der Waals surface area contributed by atoms with Crippen molar-refractivity contribution in [3.05, 3.63) is 77.4 Å². The minimum absolute atomic E-state index is 0.0880. The Labute approximate surface area is 148 Å². The van der Waals surface area contributed by atoms with E-state index in [1.54, 1.807) is 18.0 Å². The molecule has 0 N–H and O–H groups in total. The van der Waals surface area contributed by atoms with Crippen molar-refractivity contribution in [1.82, 2.24) is 4.90 Å². The third kappa shape index (κ3) is 5.31. The molecule has 4 heteroatoms. The maximum Gasteiger partial charge on any atom is 0.331 e. The average Bonchev–Trinajstić information content (AvgIpc) is 2.65. The van der Waals surface area contributed by atoms with Crippen LogP contribution in [0.3, 0.4) is 0 Å². The van der Waals surface area contributed by atoms with Crippen LogP contribution in [0.1, 0.15) is 29.7 Å². The monoisotopic (exact) mass is 337 g/mol. The lowest BCUT2D eigenvalue weighted by molar-refractivity contribution is -0.148. The molecule has 1 amide bonds. The van der Waals surface area contributed by atoms with Gasteiger partial charge >= 0.3 is 5.97 Å². The summed E-state index contributed by atoms with van der Waals surface area (Å²) in [6.07, 6.45) is 3.04. The number of hydrogen-bond donors (Lipinski definition) is 0. The standard InChI is InChI=1S/C21H23NO3/c1-16-9-7-8-10-18(16)13-14-21(24)25-15-20(23)22(3)17(2)19-11-5-4-6-12-19/h4-14,17H,15H2,1-3H3/b14-13+/t17-/m0/s1. The molecule has 0 heterocycles. The van der Waals surface area contributed by atoms with Gasteiger partial charge in [0.15, 0.2) is 6.61 Å². The van der Waals surface area contributed by atoms with Gasteiger partial charge in [-0.3, -0.25) is 4.79 Å². The molecule has 0 bridgehead atoms. The molecule has 2 aromatic carbocycles. The van der Waals surface area contributed by atoms with Gasteiger partial charge in [-0.25, -0.2) is 4.79 Å². The van der Waals surface area contributed by atoms with Crippen LogP contribution in [0, 0.1) is 6.92 Å². The number of carbonyl (C=O) groups is 2. The minimum atomic E-state index is -0.530. The van der Waals surface area contributed by atoms with Crippen LogP contribution in [0.15, 0.2) is 60.7 Å². The Balaban J connectivity index is 1.86. The molecule has 0 radical (unpaired) electrons. The van der Waals surface area contributed by atoms with Crippen LogP contribution in [0.2, 0.25) is 0 Å². The highest BCUT2D eigenvalue weighted by Crippen LogP contribution is 2.18. The van der Waals surface area contributed by atoms with Gasteiger partial charge in [0.05, 0.1) is 6.04 Å². The summed E-state index contributed by atoms with van der Waals surface area (Å²) in [5.74, 6) is -0.772. The van der Waals surface area contributed by atoms with E-state index < -0.39 is 5.97 Å². The summed E-state index contributed by atoms with van der Waals surface area (Å²) in [5, 5.41) is 0. The molecule has 2 rings (SSSR count). The van der Waals surface area contributed by atoms with Crippen molar-refractivity contribution in [1.29, 1.82) is 0 Å². The summed E-state index contributed by atoms with van der Waals surface area (Å²) in [7, 11) is 1.71. The molecule has 0 aliphatic heterocycles. The third-order valence-electron chi connectivity index (χ3n) is 4.18. The molecule has 0 aromatic heterocycles. The van der Waals surface area contributed by atoms with Crippen molar-refractivity contribution in [3.8, 4) is 0 Å². The molecular formula is C21H23NO3. The first-order valence-electron chi connectivity index (χ1n) is 8.20. The van der Waals surface area contributed by atoms with Gasteiger partial charge in [0, 0.05) is 13.1 Å². The van der Waals surface area contributed by atoms with E-state index in [1.165, 1.54) is 6.08 Å². The fourth-order valence-corrected chi connectivity index (χ4v) is 2.39. The maximum atomic E-state index is 12.2. The van der Waals surface area contributed by atoms with E-state index in [4.69, 9.17) is 4.74 Å². The van der Waals surface area contributed by atoms with Gasteiger partial charge in [0.1, 0.15) is 0 Å². The van der Waals surface area contributed by atoms with Crippen molar-refractivity contribution in [3.63, 3.8) is 0 Å². The van der Waals surface area contributed by atoms with Gasteiger partial charge < -0.3 is 9.64 Å². The second-order valence-corrected chi connectivity index (χ2v) is 5.89. The predicted octanol–water partition coefficient (Wildman–Crippen LogP) is 3.77. The Morgan fingerprint density at radius 1 is 1.08 bits per heavy atom. The van der Waals surface area contributed by atoms with Gasteiger partial charge in [-0.15, -0.1) is 0 Å². The molecule has 0 saturated heterocycles. The van der Waals surface area contributed by atoms with Gasteiger partial charge in [0.25, 0.3) is 5.91 Å². The maximum absolute atomic E-state index is 12.2. The fraction of sp³-hybridized carbons (Fsp3) is 0.238. The molecule has 4 nitrogen and oxygen atoms in total. The highest BCUT2D eigenvalue weighted by Gasteiger charge is 2.18. The van der Waals surface area contributed by atoms with Crippen LogP contribution in [0.25, 0.3) is 6.08 Å². The first-order chi connectivity index (χ1) is 12.0. The Hall–Kier alpha value is -2.88. The lowest BCUT2D eigenvalue weighted by Gasteiger charge is -2.25.